The van der Waals surface area contributed by atoms with Gasteiger partial charge in [0, 0.05) is 6.61 Å². The Morgan fingerprint density at radius 1 is 1.45 bits per heavy atom. The third-order valence-corrected chi connectivity index (χ3v) is 3.56. The summed E-state index contributed by atoms with van der Waals surface area (Å²) in [5.41, 5.74) is 0.585. The molecular formula is C9H17NO. The molecule has 1 unspecified atom stereocenters. The van der Waals surface area contributed by atoms with Crippen molar-refractivity contribution in [1.29, 1.82) is 0 Å². The minimum atomic E-state index is 0.420. The van der Waals surface area contributed by atoms with E-state index in [1.807, 2.05) is 0 Å². The molecule has 1 saturated heterocycles. The third-order valence-electron chi connectivity index (χ3n) is 3.56. The van der Waals surface area contributed by atoms with Crippen LogP contribution >= 0.6 is 0 Å². The molecule has 1 N–H and O–H groups in total. The van der Waals surface area contributed by atoms with Gasteiger partial charge in [0.25, 0.3) is 0 Å². The smallest absolute Gasteiger partial charge is 0.0464 e. The lowest BCUT2D eigenvalue weighted by atomic mass is 9.91. The van der Waals surface area contributed by atoms with Gasteiger partial charge in [0.1, 0.15) is 0 Å². The van der Waals surface area contributed by atoms with Crippen LogP contribution in [0.4, 0.5) is 0 Å². The Morgan fingerprint density at radius 3 is 2.55 bits per heavy atom. The monoisotopic (exact) mass is 155 g/mol. The average molecular weight is 155 g/mol. The van der Waals surface area contributed by atoms with Crippen LogP contribution < -0.4 is 0 Å². The summed E-state index contributed by atoms with van der Waals surface area (Å²) < 4.78 is 0. The zero-order chi connectivity index (χ0) is 7.90. The highest BCUT2D eigenvalue weighted by atomic mass is 16.3. The number of hydrogen-bond donors (Lipinski definition) is 1. The molecule has 0 amide bonds. The zero-order valence-corrected chi connectivity index (χ0v) is 7.21. The summed E-state index contributed by atoms with van der Waals surface area (Å²) >= 11 is 0. The minimum absolute atomic E-state index is 0.420. The second-order valence-corrected chi connectivity index (χ2v) is 4.25. The largest absolute Gasteiger partial charge is 0.396 e. The van der Waals surface area contributed by atoms with E-state index in [1.54, 1.807) is 0 Å². The molecular weight excluding hydrogens is 138 g/mol. The summed E-state index contributed by atoms with van der Waals surface area (Å²) in [5.74, 6) is 0.649. The van der Waals surface area contributed by atoms with Crippen LogP contribution in [0.25, 0.3) is 0 Å². The van der Waals surface area contributed by atoms with E-state index in [0.29, 0.717) is 17.9 Å². The molecule has 2 nitrogen and oxygen atoms in total. The van der Waals surface area contributed by atoms with E-state index in [0.717, 1.165) is 0 Å². The lowest BCUT2D eigenvalue weighted by molar-refractivity contribution is 0.169. The van der Waals surface area contributed by atoms with Crippen molar-refractivity contribution in [2.24, 2.45) is 11.3 Å². The lowest BCUT2D eigenvalue weighted by Gasteiger charge is -2.29. The molecule has 0 radical (unpaired) electrons. The Balaban J connectivity index is 1.89. The van der Waals surface area contributed by atoms with E-state index in [4.69, 9.17) is 5.11 Å². The highest BCUT2D eigenvalue weighted by Crippen LogP contribution is 2.58. The predicted octanol–water partition coefficient (Wildman–Crippen LogP) is 0.711. The van der Waals surface area contributed by atoms with E-state index >= 15 is 0 Å². The van der Waals surface area contributed by atoms with E-state index in [9.17, 15) is 0 Å². The molecule has 1 saturated carbocycles. The van der Waals surface area contributed by atoms with Gasteiger partial charge in [0.15, 0.2) is 0 Å². The molecule has 64 valence electrons. The fourth-order valence-electron chi connectivity index (χ4n) is 2.37. The fraction of sp³-hybridized carbons (Fsp3) is 1.00. The number of rotatable bonds is 1. The number of hydrogen-bond acceptors (Lipinski definition) is 2. The van der Waals surface area contributed by atoms with Gasteiger partial charge in [-0.05, 0) is 50.7 Å². The topological polar surface area (TPSA) is 23.5 Å². The van der Waals surface area contributed by atoms with Crippen molar-refractivity contribution in [1.82, 2.24) is 4.90 Å². The standard InChI is InChI=1S/C9H17NO/c1-10-4-2-9(3-5-10)6-8(9)7-11/h8,11H,2-7H2,1H3. The molecule has 1 aliphatic heterocycles. The van der Waals surface area contributed by atoms with Crippen molar-refractivity contribution in [3.63, 3.8) is 0 Å². The van der Waals surface area contributed by atoms with E-state index in [-0.39, 0.29) is 0 Å². The second kappa shape index (κ2) is 2.46. The minimum Gasteiger partial charge on any atom is -0.396 e. The maximum absolute atomic E-state index is 8.98. The van der Waals surface area contributed by atoms with Crippen LogP contribution in [-0.2, 0) is 0 Å². The van der Waals surface area contributed by atoms with E-state index in [2.05, 4.69) is 11.9 Å². The highest BCUT2D eigenvalue weighted by molar-refractivity contribution is 5.03. The fourth-order valence-corrected chi connectivity index (χ4v) is 2.37. The first-order chi connectivity index (χ1) is 5.27. The maximum Gasteiger partial charge on any atom is 0.0464 e. The quantitative estimate of drug-likeness (QED) is 0.603. The van der Waals surface area contributed by atoms with Crippen LogP contribution in [0.5, 0.6) is 0 Å². The first-order valence-corrected chi connectivity index (χ1v) is 4.56. The van der Waals surface area contributed by atoms with Crippen molar-refractivity contribution in [3.05, 3.63) is 0 Å². The normalized spacial score (nSPS) is 36.0. The predicted molar refractivity (Wildman–Crippen MR) is 44.4 cm³/mol. The van der Waals surface area contributed by atoms with Gasteiger partial charge < -0.3 is 10.0 Å². The van der Waals surface area contributed by atoms with Crippen LogP contribution in [0, 0.1) is 11.3 Å². The lowest BCUT2D eigenvalue weighted by Crippen LogP contribution is -2.32. The van der Waals surface area contributed by atoms with Crippen molar-refractivity contribution in [2.75, 3.05) is 26.7 Å². The second-order valence-electron chi connectivity index (χ2n) is 4.25. The first-order valence-electron chi connectivity index (χ1n) is 4.56. The molecule has 0 aromatic carbocycles. The first kappa shape index (κ1) is 7.56. The molecule has 0 aromatic heterocycles. The number of aliphatic hydroxyl groups excluding tert-OH is 1. The van der Waals surface area contributed by atoms with Gasteiger partial charge in [-0.1, -0.05) is 0 Å². The summed E-state index contributed by atoms with van der Waals surface area (Å²) in [7, 11) is 2.18. The summed E-state index contributed by atoms with van der Waals surface area (Å²) in [6.07, 6.45) is 3.92. The number of aliphatic hydroxyl groups is 1. The Morgan fingerprint density at radius 2 is 2.09 bits per heavy atom. The molecule has 1 atom stereocenters. The number of nitrogens with zero attached hydrogens (tertiary/aromatic N) is 1. The van der Waals surface area contributed by atoms with Crippen LogP contribution in [0.2, 0.25) is 0 Å². The molecule has 0 bridgehead atoms. The maximum atomic E-state index is 8.98. The van der Waals surface area contributed by atoms with Crippen LogP contribution in [0.1, 0.15) is 19.3 Å². The molecule has 0 aromatic rings. The highest BCUT2D eigenvalue weighted by Gasteiger charge is 2.53. The number of piperidine rings is 1. The Labute approximate surface area is 68.2 Å². The van der Waals surface area contributed by atoms with Crippen LogP contribution in [0.15, 0.2) is 0 Å². The molecule has 2 fully saturated rings. The molecule has 1 aliphatic carbocycles. The molecule has 1 heterocycles. The van der Waals surface area contributed by atoms with Crippen molar-refractivity contribution >= 4 is 0 Å². The Hall–Kier alpha value is -0.0800. The van der Waals surface area contributed by atoms with E-state index in [1.165, 1.54) is 32.4 Å². The van der Waals surface area contributed by atoms with Gasteiger partial charge in [-0.15, -0.1) is 0 Å². The van der Waals surface area contributed by atoms with Crippen LogP contribution in [0.3, 0.4) is 0 Å². The molecule has 2 aliphatic rings. The zero-order valence-electron chi connectivity index (χ0n) is 7.21. The Kier molecular flexibility index (Phi) is 1.69. The van der Waals surface area contributed by atoms with Gasteiger partial charge in [-0.2, -0.15) is 0 Å². The van der Waals surface area contributed by atoms with Crippen LogP contribution in [-0.4, -0.2) is 36.8 Å². The SMILES string of the molecule is CN1CCC2(CC1)CC2CO. The van der Waals surface area contributed by atoms with Gasteiger partial charge in [0.2, 0.25) is 0 Å². The van der Waals surface area contributed by atoms with Gasteiger partial charge >= 0.3 is 0 Å². The summed E-state index contributed by atoms with van der Waals surface area (Å²) in [5, 5.41) is 8.98. The summed E-state index contributed by atoms with van der Waals surface area (Å²) in [6.45, 7) is 2.89. The number of likely N-dealkylation sites (tertiary alicyclic amines) is 1. The average Bonchev–Trinajstić information content (AvgIpc) is 2.71. The van der Waals surface area contributed by atoms with Crippen molar-refractivity contribution in [2.45, 2.75) is 19.3 Å². The van der Waals surface area contributed by atoms with Crippen molar-refractivity contribution in [3.8, 4) is 0 Å². The summed E-state index contributed by atoms with van der Waals surface area (Å²) in [6, 6.07) is 0. The van der Waals surface area contributed by atoms with Crippen molar-refractivity contribution < 1.29 is 5.11 Å². The van der Waals surface area contributed by atoms with Gasteiger partial charge in [-0.25, -0.2) is 0 Å². The molecule has 1 spiro atoms. The Bertz CT molecular complexity index is 150. The summed E-state index contributed by atoms with van der Waals surface area (Å²) in [4.78, 5) is 2.39. The van der Waals surface area contributed by atoms with Gasteiger partial charge in [-0.3, -0.25) is 0 Å². The third kappa shape index (κ3) is 1.18. The molecule has 2 heteroatoms. The molecule has 2 rings (SSSR count). The molecule has 11 heavy (non-hydrogen) atoms. The van der Waals surface area contributed by atoms with Gasteiger partial charge in [0.05, 0.1) is 0 Å². The van der Waals surface area contributed by atoms with E-state index < -0.39 is 0 Å².